The number of rotatable bonds is 1. The van der Waals surface area contributed by atoms with Crippen molar-refractivity contribution in [2.24, 2.45) is 0 Å². The normalized spacial score (nSPS) is 13.6. The lowest BCUT2D eigenvalue weighted by Crippen LogP contribution is -2.24. The van der Waals surface area contributed by atoms with Crippen molar-refractivity contribution >= 4 is 11.7 Å². The fraction of sp³-hybridized carbons (Fsp3) is 0.417. The SMILES string of the molecule is CC(C)(C)OC(=O)c1cc(N)cc2c1OCO2. The number of hydrogen-bond acceptors (Lipinski definition) is 5. The van der Waals surface area contributed by atoms with Crippen molar-refractivity contribution in [1.29, 1.82) is 0 Å². The van der Waals surface area contributed by atoms with Crippen LogP contribution in [-0.2, 0) is 4.74 Å². The Balaban J connectivity index is 2.36. The number of carbonyl (C=O) groups excluding carboxylic acids is 1. The molecule has 0 amide bonds. The molecule has 2 rings (SSSR count). The lowest BCUT2D eigenvalue weighted by Gasteiger charge is -2.20. The zero-order valence-corrected chi connectivity index (χ0v) is 10.1. The molecule has 0 spiro atoms. The van der Waals surface area contributed by atoms with Crippen molar-refractivity contribution in [2.45, 2.75) is 26.4 Å². The van der Waals surface area contributed by atoms with Crippen molar-refractivity contribution in [3.8, 4) is 11.5 Å². The number of ether oxygens (including phenoxy) is 3. The number of benzene rings is 1. The second-order valence-corrected chi connectivity index (χ2v) is 4.80. The van der Waals surface area contributed by atoms with Crippen LogP contribution in [0.1, 0.15) is 31.1 Å². The van der Waals surface area contributed by atoms with Crippen LogP contribution in [0, 0.1) is 0 Å². The van der Waals surface area contributed by atoms with E-state index in [1.165, 1.54) is 6.07 Å². The largest absolute Gasteiger partial charge is 0.456 e. The number of nitrogen functional groups attached to an aromatic ring is 1. The summed E-state index contributed by atoms with van der Waals surface area (Å²) < 4.78 is 15.7. The van der Waals surface area contributed by atoms with Crippen molar-refractivity contribution in [3.63, 3.8) is 0 Å². The quantitative estimate of drug-likeness (QED) is 0.597. The molecule has 0 saturated carbocycles. The Kier molecular flexibility index (Phi) is 2.61. The van der Waals surface area contributed by atoms with E-state index in [4.69, 9.17) is 19.9 Å². The molecule has 0 atom stereocenters. The van der Waals surface area contributed by atoms with Crippen molar-refractivity contribution in [1.82, 2.24) is 0 Å². The highest BCUT2D eigenvalue weighted by Gasteiger charge is 2.26. The number of fused-ring (bicyclic) bond motifs is 1. The van der Waals surface area contributed by atoms with Gasteiger partial charge in [0, 0.05) is 11.8 Å². The van der Waals surface area contributed by atoms with E-state index in [9.17, 15) is 4.79 Å². The number of hydrogen-bond donors (Lipinski definition) is 1. The predicted molar refractivity (Wildman–Crippen MR) is 62.1 cm³/mol. The van der Waals surface area contributed by atoms with Gasteiger partial charge in [-0.2, -0.15) is 0 Å². The van der Waals surface area contributed by atoms with Crippen molar-refractivity contribution in [3.05, 3.63) is 17.7 Å². The third-order valence-corrected chi connectivity index (χ3v) is 2.11. The van der Waals surface area contributed by atoms with Crippen LogP contribution in [0.4, 0.5) is 5.69 Å². The molecule has 0 saturated heterocycles. The average molecular weight is 237 g/mol. The van der Waals surface area contributed by atoms with E-state index in [1.807, 2.05) is 0 Å². The van der Waals surface area contributed by atoms with Crippen LogP contribution in [0.25, 0.3) is 0 Å². The van der Waals surface area contributed by atoms with Gasteiger partial charge < -0.3 is 19.9 Å². The maximum atomic E-state index is 12.0. The molecule has 0 unspecified atom stereocenters. The number of esters is 1. The van der Waals surface area contributed by atoms with Gasteiger partial charge in [0.1, 0.15) is 11.2 Å². The molecular weight excluding hydrogens is 222 g/mol. The van der Waals surface area contributed by atoms with Gasteiger partial charge in [0.05, 0.1) is 0 Å². The molecule has 92 valence electrons. The molecule has 0 aliphatic carbocycles. The zero-order chi connectivity index (χ0) is 12.6. The highest BCUT2D eigenvalue weighted by Crippen LogP contribution is 2.38. The van der Waals surface area contributed by atoms with Gasteiger partial charge in [-0.1, -0.05) is 0 Å². The monoisotopic (exact) mass is 237 g/mol. The molecule has 1 aromatic carbocycles. The molecule has 1 aliphatic rings. The summed E-state index contributed by atoms with van der Waals surface area (Å²) in [6.45, 7) is 5.49. The van der Waals surface area contributed by atoms with E-state index in [0.29, 0.717) is 22.7 Å². The molecule has 5 nitrogen and oxygen atoms in total. The third-order valence-electron chi connectivity index (χ3n) is 2.11. The molecule has 0 fully saturated rings. The van der Waals surface area contributed by atoms with E-state index in [0.717, 1.165) is 0 Å². The molecule has 2 N–H and O–H groups in total. The molecule has 0 aromatic heterocycles. The Hall–Kier alpha value is -1.91. The molecule has 1 aromatic rings. The Morgan fingerprint density at radius 1 is 1.35 bits per heavy atom. The van der Waals surface area contributed by atoms with E-state index >= 15 is 0 Å². The highest BCUT2D eigenvalue weighted by atomic mass is 16.7. The van der Waals surface area contributed by atoms with Crippen molar-refractivity contribution < 1.29 is 19.0 Å². The summed E-state index contributed by atoms with van der Waals surface area (Å²) in [6.07, 6.45) is 0. The van der Waals surface area contributed by atoms with Gasteiger partial charge in [0.2, 0.25) is 6.79 Å². The van der Waals surface area contributed by atoms with Crippen LogP contribution in [-0.4, -0.2) is 18.4 Å². The van der Waals surface area contributed by atoms with Gasteiger partial charge in [-0.15, -0.1) is 0 Å². The zero-order valence-electron chi connectivity index (χ0n) is 10.1. The predicted octanol–water partition coefficient (Wildman–Crippen LogP) is 1.95. The second kappa shape index (κ2) is 3.84. The molecule has 5 heteroatoms. The average Bonchev–Trinajstić information content (AvgIpc) is 2.60. The first-order valence-electron chi connectivity index (χ1n) is 5.29. The number of carbonyl (C=O) groups is 1. The van der Waals surface area contributed by atoms with Crippen LogP contribution in [0.15, 0.2) is 12.1 Å². The van der Waals surface area contributed by atoms with Gasteiger partial charge in [0.25, 0.3) is 0 Å². The Morgan fingerprint density at radius 2 is 2.06 bits per heavy atom. The molecule has 1 aliphatic heterocycles. The first kappa shape index (κ1) is 11.6. The first-order chi connectivity index (χ1) is 7.87. The lowest BCUT2D eigenvalue weighted by atomic mass is 10.1. The maximum absolute atomic E-state index is 12.0. The first-order valence-corrected chi connectivity index (χ1v) is 5.29. The smallest absolute Gasteiger partial charge is 0.342 e. The summed E-state index contributed by atoms with van der Waals surface area (Å²) >= 11 is 0. The van der Waals surface area contributed by atoms with Gasteiger partial charge in [-0.05, 0) is 26.8 Å². The van der Waals surface area contributed by atoms with Crippen LogP contribution in [0.3, 0.4) is 0 Å². The van der Waals surface area contributed by atoms with E-state index in [-0.39, 0.29) is 6.79 Å². The minimum absolute atomic E-state index is 0.0918. The van der Waals surface area contributed by atoms with Gasteiger partial charge in [0.15, 0.2) is 11.5 Å². The minimum atomic E-state index is -0.561. The van der Waals surface area contributed by atoms with Gasteiger partial charge >= 0.3 is 5.97 Å². The number of anilines is 1. The lowest BCUT2D eigenvalue weighted by molar-refractivity contribution is 0.00662. The Morgan fingerprint density at radius 3 is 2.71 bits per heavy atom. The van der Waals surface area contributed by atoms with Crippen LogP contribution in [0.2, 0.25) is 0 Å². The van der Waals surface area contributed by atoms with Crippen LogP contribution >= 0.6 is 0 Å². The summed E-state index contributed by atoms with van der Waals surface area (Å²) in [5.74, 6) is 0.408. The van der Waals surface area contributed by atoms with Gasteiger partial charge in [-0.3, -0.25) is 0 Å². The number of nitrogens with two attached hydrogens (primary N) is 1. The fourth-order valence-electron chi connectivity index (χ4n) is 1.52. The minimum Gasteiger partial charge on any atom is -0.456 e. The third kappa shape index (κ3) is 2.43. The summed E-state index contributed by atoms with van der Waals surface area (Å²) in [5, 5.41) is 0. The molecule has 0 radical (unpaired) electrons. The van der Waals surface area contributed by atoms with Gasteiger partial charge in [-0.25, -0.2) is 4.79 Å². The molecular formula is C12H15NO4. The standard InChI is InChI=1S/C12H15NO4/c1-12(2,3)17-11(14)8-4-7(13)5-9-10(8)16-6-15-9/h4-5H,6,13H2,1-3H3. The van der Waals surface area contributed by atoms with Crippen LogP contribution in [0.5, 0.6) is 11.5 Å². The molecule has 17 heavy (non-hydrogen) atoms. The Labute approximate surface area is 99.5 Å². The topological polar surface area (TPSA) is 70.8 Å². The maximum Gasteiger partial charge on any atom is 0.342 e. The molecule has 1 heterocycles. The molecule has 0 bridgehead atoms. The van der Waals surface area contributed by atoms with E-state index in [1.54, 1.807) is 26.8 Å². The summed E-state index contributed by atoms with van der Waals surface area (Å²) in [6, 6.07) is 3.15. The highest BCUT2D eigenvalue weighted by molar-refractivity contribution is 5.95. The second-order valence-electron chi connectivity index (χ2n) is 4.80. The van der Waals surface area contributed by atoms with Crippen molar-refractivity contribution in [2.75, 3.05) is 12.5 Å². The summed E-state index contributed by atoms with van der Waals surface area (Å²) in [7, 11) is 0. The summed E-state index contributed by atoms with van der Waals surface area (Å²) in [5.41, 5.74) is 5.87. The fourth-order valence-corrected chi connectivity index (χ4v) is 1.52. The van der Waals surface area contributed by atoms with E-state index in [2.05, 4.69) is 0 Å². The summed E-state index contributed by atoms with van der Waals surface area (Å²) in [4.78, 5) is 12.0. The van der Waals surface area contributed by atoms with E-state index < -0.39 is 11.6 Å². The van der Waals surface area contributed by atoms with Crippen LogP contribution < -0.4 is 15.2 Å². The Bertz CT molecular complexity index is 462.